The van der Waals surface area contributed by atoms with Gasteiger partial charge >= 0.3 is 23.9 Å². The Morgan fingerprint density at radius 2 is 1.46 bits per heavy atom. The van der Waals surface area contributed by atoms with E-state index in [2.05, 4.69) is 0 Å². The lowest BCUT2D eigenvalue weighted by Crippen LogP contribution is -2.51. The van der Waals surface area contributed by atoms with Gasteiger partial charge in [-0.3, -0.25) is 19.2 Å². The molecule has 0 spiro atoms. The Bertz CT molecular complexity index is 854. The third kappa shape index (κ3) is 10.9. The fraction of sp³-hybridized carbons (Fsp3) is 0.615. The molecule has 1 aromatic rings. The molecule has 0 amide bonds. The van der Waals surface area contributed by atoms with Gasteiger partial charge in [0.2, 0.25) is 0 Å². The number of benzene rings is 1. The van der Waals surface area contributed by atoms with Crippen LogP contribution in [0.4, 0.5) is 0 Å². The van der Waals surface area contributed by atoms with Crippen LogP contribution in [0.2, 0.25) is 0 Å². The predicted molar refractivity (Wildman–Crippen MR) is 130 cm³/mol. The molecule has 0 fully saturated rings. The Morgan fingerprint density at radius 3 is 2.03 bits per heavy atom. The Morgan fingerprint density at radius 1 is 0.829 bits per heavy atom. The van der Waals surface area contributed by atoms with Crippen molar-refractivity contribution in [1.29, 1.82) is 0 Å². The number of hydrogen-bond acceptors (Lipinski definition) is 9. The van der Waals surface area contributed by atoms with E-state index in [1.807, 2.05) is 20.8 Å². The number of methoxy groups -OCH3 is 1. The summed E-state index contributed by atoms with van der Waals surface area (Å²) in [7, 11) is 1.23. The summed E-state index contributed by atoms with van der Waals surface area (Å²) in [5, 5.41) is 0. The van der Waals surface area contributed by atoms with Crippen molar-refractivity contribution < 1.29 is 38.1 Å². The molecule has 0 bridgehead atoms. The van der Waals surface area contributed by atoms with Gasteiger partial charge < -0.3 is 24.7 Å². The zero-order valence-corrected chi connectivity index (χ0v) is 21.4. The highest BCUT2D eigenvalue weighted by molar-refractivity contribution is 5.81. The first-order chi connectivity index (χ1) is 16.7. The molecule has 0 aliphatic rings. The van der Waals surface area contributed by atoms with Crippen LogP contribution >= 0.6 is 0 Å². The van der Waals surface area contributed by atoms with Gasteiger partial charge in [-0.05, 0) is 37.0 Å². The van der Waals surface area contributed by atoms with Gasteiger partial charge in [0, 0.05) is 32.1 Å². The highest BCUT2D eigenvalue weighted by Gasteiger charge is 2.36. The molecule has 9 nitrogen and oxygen atoms in total. The van der Waals surface area contributed by atoms with Crippen LogP contribution in [0.25, 0.3) is 0 Å². The van der Waals surface area contributed by atoms with Gasteiger partial charge in [-0.15, -0.1) is 0 Å². The molecule has 0 saturated carbocycles. The number of ether oxygens (including phenoxy) is 4. The molecule has 0 aromatic heterocycles. The fourth-order valence-corrected chi connectivity index (χ4v) is 3.35. The standard InChI is InChI=1S/C26H39NO8/c1-5-8-9-12-22(28)33-16-15-26(27,25(31)32-4)18-19-13-14-20(34-23(29)10-6-2)21(17-19)35-24(30)11-7-3/h13-14,17H,5-12,15-16,18,27H2,1-4H3/t26-/m1/s1. The Labute approximate surface area is 207 Å². The molecule has 1 atom stereocenters. The van der Waals surface area contributed by atoms with Crippen molar-refractivity contribution in [2.45, 2.75) is 90.5 Å². The van der Waals surface area contributed by atoms with Gasteiger partial charge in [0.1, 0.15) is 5.54 Å². The van der Waals surface area contributed by atoms with Crippen LogP contribution in [-0.4, -0.2) is 43.1 Å². The SMILES string of the molecule is CCCCCC(=O)OCC[C@@](N)(Cc1ccc(OC(=O)CCC)c(OC(=O)CCC)c1)C(=O)OC. The van der Waals surface area contributed by atoms with Gasteiger partial charge in [-0.1, -0.05) is 39.7 Å². The van der Waals surface area contributed by atoms with Crippen molar-refractivity contribution in [3.8, 4) is 11.5 Å². The summed E-state index contributed by atoms with van der Waals surface area (Å²) in [5.41, 5.74) is 5.46. The van der Waals surface area contributed by atoms with Crippen LogP contribution in [-0.2, 0) is 35.1 Å². The van der Waals surface area contributed by atoms with E-state index in [-0.39, 0.29) is 49.8 Å². The van der Waals surface area contributed by atoms with Crippen molar-refractivity contribution >= 4 is 23.9 Å². The number of carbonyl (C=O) groups excluding carboxylic acids is 4. The molecule has 196 valence electrons. The summed E-state index contributed by atoms with van der Waals surface area (Å²) >= 11 is 0. The van der Waals surface area contributed by atoms with Gasteiger partial charge in [0.15, 0.2) is 11.5 Å². The van der Waals surface area contributed by atoms with E-state index in [1.165, 1.54) is 19.2 Å². The first-order valence-corrected chi connectivity index (χ1v) is 12.3. The van der Waals surface area contributed by atoms with Crippen LogP contribution in [0.15, 0.2) is 18.2 Å². The molecular formula is C26H39NO8. The molecule has 35 heavy (non-hydrogen) atoms. The van der Waals surface area contributed by atoms with Crippen LogP contribution in [0.5, 0.6) is 11.5 Å². The monoisotopic (exact) mass is 493 g/mol. The van der Waals surface area contributed by atoms with Crippen molar-refractivity contribution in [1.82, 2.24) is 0 Å². The molecule has 0 saturated heterocycles. The smallest absolute Gasteiger partial charge is 0.326 e. The van der Waals surface area contributed by atoms with E-state index in [1.54, 1.807) is 6.07 Å². The number of carbonyl (C=O) groups is 4. The van der Waals surface area contributed by atoms with E-state index < -0.39 is 23.4 Å². The van der Waals surface area contributed by atoms with E-state index in [0.29, 0.717) is 24.8 Å². The predicted octanol–water partition coefficient (Wildman–Crippen LogP) is 4.02. The fourth-order valence-electron chi connectivity index (χ4n) is 3.35. The first-order valence-electron chi connectivity index (χ1n) is 12.3. The molecule has 0 radical (unpaired) electrons. The van der Waals surface area contributed by atoms with Crippen molar-refractivity contribution in [3.05, 3.63) is 23.8 Å². The maximum atomic E-state index is 12.5. The lowest BCUT2D eigenvalue weighted by molar-refractivity contribution is -0.151. The minimum absolute atomic E-state index is 0.0224. The number of rotatable bonds is 16. The van der Waals surface area contributed by atoms with E-state index in [9.17, 15) is 19.2 Å². The summed E-state index contributed by atoms with van der Waals surface area (Å²) in [6, 6.07) is 4.65. The largest absolute Gasteiger partial charge is 0.468 e. The minimum atomic E-state index is -1.48. The van der Waals surface area contributed by atoms with Gasteiger partial charge in [-0.2, -0.15) is 0 Å². The molecule has 0 heterocycles. The van der Waals surface area contributed by atoms with E-state index in [4.69, 9.17) is 24.7 Å². The van der Waals surface area contributed by atoms with Crippen molar-refractivity contribution in [2.24, 2.45) is 5.73 Å². The molecule has 0 aliphatic heterocycles. The topological polar surface area (TPSA) is 131 Å². The second-order valence-electron chi connectivity index (χ2n) is 8.48. The number of unbranched alkanes of at least 4 members (excludes halogenated alkanes) is 2. The highest BCUT2D eigenvalue weighted by atomic mass is 16.6. The Hall–Kier alpha value is -2.94. The van der Waals surface area contributed by atoms with Crippen molar-refractivity contribution in [3.63, 3.8) is 0 Å². The normalized spacial score (nSPS) is 12.4. The average molecular weight is 494 g/mol. The van der Waals surface area contributed by atoms with Crippen LogP contribution in [0.1, 0.15) is 84.1 Å². The molecule has 1 aromatic carbocycles. The lowest BCUT2D eigenvalue weighted by atomic mass is 9.88. The van der Waals surface area contributed by atoms with Crippen molar-refractivity contribution in [2.75, 3.05) is 13.7 Å². The number of nitrogens with two attached hydrogens (primary N) is 1. The maximum absolute atomic E-state index is 12.5. The second kappa shape index (κ2) is 15.9. The molecule has 0 aliphatic carbocycles. The Kier molecular flexibility index (Phi) is 13.6. The average Bonchev–Trinajstić information content (AvgIpc) is 2.80. The third-order valence-corrected chi connectivity index (χ3v) is 5.27. The third-order valence-electron chi connectivity index (χ3n) is 5.27. The molecule has 9 heteroatoms. The van der Waals surface area contributed by atoms with E-state index >= 15 is 0 Å². The van der Waals surface area contributed by atoms with Gasteiger partial charge in [0.25, 0.3) is 0 Å². The number of esters is 4. The summed E-state index contributed by atoms with van der Waals surface area (Å²) < 4.78 is 20.9. The van der Waals surface area contributed by atoms with E-state index in [0.717, 1.165) is 19.3 Å². The zero-order chi connectivity index (χ0) is 26.3. The highest BCUT2D eigenvalue weighted by Crippen LogP contribution is 2.31. The lowest BCUT2D eigenvalue weighted by Gasteiger charge is -2.26. The number of hydrogen-bond donors (Lipinski definition) is 1. The molecule has 0 unspecified atom stereocenters. The molecular weight excluding hydrogens is 454 g/mol. The summed E-state index contributed by atoms with van der Waals surface area (Å²) in [6.45, 7) is 5.70. The second-order valence-corrected chi connectivity index (χ2v) is 8.48. The van der Waals surface area contributed by atoms with Gasteiger partial charge in [0.05, 0.1) is 13.7 Å². The maximum Gasteiger partial charge on any atom is 0.326 e. The zero-order valence-electron chi connectivity index (χ0n) is 21.4. The van der Waals surface area contributed by atoms with Gasteiger partial charge in [-0.25, -0.2) is 0 Å². The summed E-state index contributed by atoms with van der Waals surface area (Å²) in [6.07, 6.45) is 4.67. The minimum Gasteiger partial charge on any atom is -0.468 e. The summed E-state index contributed by atoms with van der Waals surface area (Å²) in [4.78, 5) is 48.5. The quantitative estimate of drug-likeness (QED) is 0.206. The van der Waals surface area contributed by atoms with Crippen LogP contribution in [0.3, 0.4) is 0 Å². The van der Waals surface area contributed by atoms with Crippen LogP contribution < -0.4 is 15.2 Å². The molecule has 2 N–H and O–H groups in total. The van der Waals surface area contributed by atoms with Crippen LogP contribution in [0, 0.1) is 0 Å². The Balaban J connectivity index is 3.04. The summed E-state index contributed by atoms with van der Waals surface area (Å²) in [5.74, 6) is -1.74. The molecule has 1 rings (SSSR count). The first kappa shape index (κ1) is 30.1.